The topological polar surface area (TPSA) is 32.6 Å². The van der Waals surface area contributed by atoms with E-state index in [4.69, 9.17) is 0 Å². The fourth-order valence-corrected chi connectivity index (χ4v) is 2.77. The van der Waals surface area contributed by atoms with Gasteiger partial charge in [0, 0.05) is 17.7 Å². The van der Waals surface area contributed by atoms with Crippen LogP contribution in [0.3, 0.4) is 0 Å². The highest BCUT2D eigenvalue weighted by molar-refractivity contribution is 7.79. The van der Waals surface area contributed by atoms with Crippen LogP contribution in [-0.2, 0) is 12.2 Å². The molecule has 4 heteroatoms. The minimum Gasteiger partial charge on any atom is -0.411 e. The minimum atomic E-state index is -0.256. The lowest BCUT2D eigenvalue weighted by molar-refractivity contribution is 0.318. The summed E-state index contributed by atoms with van der Waals surface area (Å²) in [5.74, 6) is 0.117. The average Bonchev–Trinajstić information content (AvgIpc) is 2.51. The van der Waals surface area contributed by atoms with Crippen molar-refractivity contribution >= 4 is 18.3 Å². The lowest BCUT2D eigenvalue weighted by Crippen LogP contribution is -2.09. The first-order valence-corrected chi connectivity index (χ1v) is 7.36. The van der Waals surface area contributed by atoms with Gasteiger partial charge in [-0.15, -0.1) is 0 Å². The molecule has 0 amide bonds. The number of hydrogen-bond acceptors (Lipinski definition) is 3. The molecule has 0 bridgehead atoms. The number of halogens is 1. The van der Waals surface area contributed by atoms with Gasteiger partial charge in [-0.25, -0.2) is 4.39 Å². The number of benzene rings is 2. The first-order valence-electron chi connectivity index (χ1n) is 6.73. The van der Waals surface area contributed by atoms with Crippen LogP contribution in [0.15, 0.2) is 41.6 Å². The van der Waals surface area contributed by atoms with Crippen molar-refractivity contribution in [1.29, 1.82) is 0 Å². The summed E-state index contributed by atoms with van der Waals surface area (Å²) < 4.78 is 14.1. The van der Waals surface area contributed by atoms with Gasteiger partial charge in [0.1, 0.15) is 5.82 Å². The van der Waals surface area contributed by atoms with Gasteiger partial charge in [0.15, 0.2) is 0 Å². The van der Waals surface area contributed by atoms with Gasteiger partial charge in [0.25, 0.3) is 0 Å². The molecule has 0 unspecified atom stereocenters. The second-order valence-electron chi connectivity index (χ2n) is 4.99. The van der Waals surface area contributed by atoms with Gasteiger partial charge in [0.2, 0.25) is 0 Å². The van der Waals surface area contributed by atoms with Crippen LogP contribution in [0, 0.1) is 19.7 Å². The van der Waals surface area contributed by atoms with Gasteiger partial charge < -0.3 is 5.21 Å². The van der Waals surface area contributed by atoms with Gasteiger partial charge in [-0.3, -0.25) is 0 Å². The largest absolute Gasteiger partial charge is 0.411 e. The zero-order valence-corrected chi connectivity index (χ0v) is 13.0. The van der Waals surface area contributed by atoms with Crippen molar-refractivity contribution in [3.8, 4) is 0 Å². The summed E-state index contributed by atoms with van der Waals surface area (Å²) in [5, 5.41) is 12.6. The number of rotatable bonds is 4. The fourth-order valence-electron chi connectivity index (χ4n) is 2.38. The second-order valence-corrected chi connectivity index (χ2v) is 5.31. The summed E-state index contributed by atoms with van der Waals surface area (Å²) in [7, 11) is 0. The van der Waals surface area contributed by atoms with Crippen molar-refractivity contribution in [2.45, 2.75) is 26.0 Å². The summed E-state index contributed by atoms with van der Waals surface area (Å²) in [6, 6.07) is 10.9. The molecule has 0 heterocycles. The molecule has 2 nitrogen and oxygen atoms in total. The van der Waals surface area contributed by atoms with Gasteiger partial charge in [-0.2, -0.15) is 12.6 Å². The van der Waals surface area contributed by atoms with E-state index in [1.165, 1.54) is 6.07 Å². The van der Waals surface area contributed by atoms with Gasteiger partial charge in [-0.1, -0.05) is 35.5 Å². The number of thiol groups is 1. The van der Waals surface area contributed by atoms with Gasteiger partial charge >= 0.3 is 0 Å². The lowest BCUT2D eigenvalue weighted by atomic mass is 9.93. The van der Waals surface area contributed by atoms with E-state index >= 15 is 0 Å². The SMILES string of the molecule is Cc1c(C/C(=N\O)c2ccccc2)cc(F)c(CS)c1C. The molecule has 0 saturated heterocycles. The number of oxime groups is 1. The smallest absolute Gasteiger partial charge is 0.127 e. The highest BCUT2D eigenvalue weighted by Gasteiger charge is 2.14. The lowest BCUT2D eigenvalue weighted by Gasteiger charge is -2.14. The Labute approximate surface area is 129 Å². The van der Waals surface area contributed by atoms with Crippen LogP contribution < -0.4 is 0 Å². The normalized spacial score (nSPS) is 11.7. The first-order chi connectivity index (χ1) is 10.1. The van der Waals surface area contributed by atoms with Crippen molar-refractivity contribution in [2.75, 3.05) is 0 Å². The molecule has 0 aliphatic heterocycles. The molecule has 0 fully saturated rings. The highest BCUT2D eigenvalue weighted by atomic mass is 32.1. The molecule has 2 rings (SSSR count). The highest BCUT2D eigenvalue weighted by Crippen LogP contribution is 2.24. The molecule has 0 saturated carbocycles. The van der Waals surface area contributed by atoms with Crippen LogP contribution in [-0.4, -0.2) is 10.9 Å². The quantitative estimate of drug-likeness (QED) is 0.375. The van der Waals surface area contributed by atoms with Crippen LogP contribution in [0.1, 0.15) is 27.8 Å². The Bertz CT molecular complexity index is 668. The third kappa shape index (κ3) is 3.27. The maximum Gasteiger partial charge on any atom is 0.127 e. The third-order valence-corrected chi connectivity index (χ3v) is 4.15. The van der Waals surface area contributed by atoms with E-state index < -0.39 is 0 Å². The van der Waals surface area contributed by atoms with Crippen LogP contribution in [0.2, 0.25) is 0 Å². The van der Waals surface area contributed by atoms with Crippen molar-refractivity contribution in [1.82, 2.24) is 0 Å². The molecule has 0 aromatic heterocycles. The number of hydrogen-bond donors (Lipinski definition) is 2. The van der Waals surface area contributed by atoms with Crippen LogP contribution in [0.4, 0.5) is 4.39 Å². The Morgan fingerprint density at radius 3 is 2.43 bits per heavy atom. The van der Waals surface area contributed by atoms with Gasteiger partial charge in [0.05, 0.1) is 5.71 Å². The molecule has 110 valence electrons. The predicted molar refractivity (Wildman–Crippen MR) is 87.0 cm³/mol. The molecule has 0 atom stereocenters. The summed E-state index contributed by atoms with van der Waals surface area (Å²) in [5.41, 5.74) is 4.73. The monoisotopic (exact) mass is 303 g/mol. The molecule has 1 N–H and O–H groups in total. The van der Waals surface area contributed by atoms with Gasteiger partial charge in [-0.05, 0) is 42.2 Å². The van der Waals surface area contributed by atoms with Crippen molar-refractivity contribution < 1.29 is 9.60 Å². The van der Waals surface area contributed by atoms with E-state index in [9.17, 15) is 9.60 Å². The Hall–Kier alpha value is -1.81. The van der Waals surface area contributed by atoms with Crippen LogP contribution in [0.25, 0.3) is 0 Å². The van der Waals surface area contributed by atoms with E-state index in [0.717, 1.165) is 22.3 Å². The third-order valence-electron chi connectivity index (χ3n) is 3.83. The van der Waals surface area contributed by atoms with Crippen molar-refractivity contribution in [3.05, 3.63) is 70.0 Å². The maximum absolute atomic E-state index is 14.1. The predicted octanol–water partition coefficient (Wildman–Crippen LogP) is 4.29. The van der Waals surface area contributed by atoms with Crippen molar-refractivity contribution in [3.63, 3.8) is 0 Å². The summed E-state index contributed by atoms with van der Waals surface area (Å²) in [6.07, 6.45) is 0.386. The fraction of sp³-hybridized carbons (Fsp3) is 0.235. The zero-order valence-electron chi connectivity index (χ0n) is 12.1. The molecule has 0 aliphatic rings. The molecule has 2 aromatic carbocycles. The molecule has 0 spiro atoms. The Morgan fingerprint density at radius 1 is 1.19 bits per heavy atom. The average molecular weight is 303 g/mol. The van der Waals surface area contributed by atoms with Crippen LogP contribution in [0.5, 0.6) is 0 Å². The standard InChI is InChI=1S/C17H18FNOS/c1-11-12(2)15(10-21)16(18)8-14(11)9-17(19-20)13-6-4-3-5-7-13/h3-8,20-21H,9-10H2,1-2H3/b19-17+. The molecule has 0 radical (unpaired) electrons. The number of nitrogens with zero attached hydrogens (tertiary/aromatic N) is 1. The van der Waals surface area contributed by atoms with E-state index in [2.05, 4.69) is 17.8 Å². The Balaban J connectivity index is 2.40. The van der Waals surface area contributed by atoms with Crippen molar-refractivity contribution in [2.24, 2.45) is 5.16 Å². The minimum absolute atomic E-state index is 0.256. The molecule has 2 aromatic rings. The van der Waals surface area contributed by atoms with E-state index in [0.29, 0.717) is 23.4 Å². The first kappa shape index (κ1) is 15.6. The van der Waals surface area contributed by atoms with E-state index in [1.807, 2.05) is 44.2 Å². The summed E-state index contributed by atoms with van der Waals surface area (Å²) in [4.78, 5) is 0. The molecule has 0 aliphatic carbocycles. The van der Waals surface area contributed by atoms with E-state index in [1.54, 1.807) is 0 Å². The molecule has 21 heavy (non-hydrogen) atoms. The van der Waals surface area contributed by atoms with E-state index in [-0.39, 0.29) is 5.82 Å². The maximum atomic E-state index is 14.1. The Morgan fingerprint density at radius 2 is 1.86 bits per heavy atom. The zero-order chi connectivity index (χ0) is 15.4. The summed E-state index contributed by atoms with van der Waals surface area (Å²) in [6.45, 7) is 3.85. The molecular formula is C17H18FNOS. The second kappa shape index (κ2) is 6.76. The Kier molecular flexibility index (Phi) is 5.02. The molecular weight excluding hydrogens is 285 g/mol. The summed E-state index contributed by atoms with van der Waals surface area (Å²) >= 11 is 4.17. The van der Waals surface area contributed by atoms with Crippen LogP contribution >= 0.6 is 12.6 Å².